The summed E-state index contributed by atoms with van der Waals surface area (Å²) in [6.45, 7) is 4.41. The quantitative estimate of drug-likeness (QED) is 0.654. The number of carbonyl (C=O) groups excluding carboxylic acids is 1. The van der Waals surface area contributed by atoms with Crippen LogP contribution < -0.4 is 5.56 Å². The number of fused-ring (bicyclic) bond motifs is 1. The number of H-pyrrole nitrogens is 1. The average Bonchev–Trinajstić information content (AvgIpc) is 2.67. The van der Waals surface area contributed by atoms with E-state index in [1.54, 1.807) is 29.2 Å². The van der Waals surface area contributed by atoms with Gasteiger partial charge in [0.05, 0.1) is 11.0 Å². The van der Waals surface area contributed by atoms with Crippen LogP contribution in [0.25, 0.3) is 11.0 Å². The second-order valence-corrected chi connectivity index (χ2v) is 6.22. The molecule has 3 rings (SSSR count). The third-order valence-corrected chi connectivity index (χ3v) is 4.23. The minimum Gasteiger partial charge on any atom is -0.335 e. The van der Waals surface area contributed by atoms with Gasteiger partial charge in [0, 0.05) is 25.9 Å². The zero-order valence-electron chi connectivity index (χ0n) is 14.8. The lowest BCUT2D eigenvalue weighted by Gasteiger charge is -2.21. The van der Waals surface area contributed by atoms with Crippen molar-refractivity contribution in [3.8, 4) is 0 Å². The molecule has 3 aromatic rings. The Kier molecular flexibility index (Phi) is 5.76. The van der Waals surface area contributed by atoms with Gasteiger partial charge < -0.3 is 9.88 Å². The van der Waals surface area contributed by atoms with E-state index in [4.69, 9.17) is 0 Å². The van der Waals surface area contributed by atoms with Gasteiger partial charge in [0.25, 0.3) is 5.56 Å². The Hall–Kier alpha value is -3.28. The maximum Gasteiger partial charge on any atom is 0.270 e. The Labute approximate surface area is 156 Å². The molecule has 27 heavy (non-hydrogen) atoms. The number of benzene rings is 2. The normalized spacial score (nSPS) is 10.7. The molecule has 2 aromatic carbocycles. The molecule has 1 N–H and O–H groups in total. The van der Waals surface area contributed by atoms with Gasteiger partial charge in [-0.15, -0.1) is 6.58 Å². The summed E-state index contributed by atoms with van der Waals surface area (Å²) in [5.74, 6) is -0.435. The van der Waals surface area contributed by atoms with Gasteiger partial charge in [-0.1, -0.05) is 30.3 Å². The maximum atomic E-state index is 13.1. The number of aromatic amines is 1. The van der Waals surface area contributed by atoms with Crippen molar-refractivity contribution >= 4 is 16.9 Å². The van der Waals surface area contributed by atoms with Crippen LogP contribution in [0.4, 0.5) is 4.39 Å². The molecular formula is C21H20FN3O2. The summed E-state index contributed by atoms with van der Waals surface area (Å²) in [5.41, 5.74) is 2.24. The highest BCUT2D eigenvalue weighted by atomic mass is 19.1. The highest BCUT2D eigenvalue weighted by Gasteiger charge is 2.15. The number of para-hydroxylation sites is 2. The number of nitrogens with one attached hydrogen (secondary N) is 1. The predicted octanol–water partition coefficient (Wildman–Crippen LogP) is 3.21. The van der Waals surface area contributed by atoms with Gasteiger partial charge in [-0.3, -0.25) is 9.59 Å². The van der Waals surface area contributed by atoms with Gasteiger partial charge in [-0.2, -0.15) is 0 Å². The van der Waals surface area contributed by atoms with E-state index in [2.05, 4.69) is 16.5 Å². The van der Waals surface area contributed by atoms with Crippen molar-refractivity contribution in [3.05, 3.63) is 88.6 Å². The summed E-state index contributed by atoms with van der Waals surface area (Å²) in [4.78, 5) is 33.6. The van der Waals surface area contributed by atoms with Crippen molar-refractivity contribution in [2.75, 3.05) is 6.54 Å². The number of rotatable bonds is 7. The summed E-state index contributed by atoms with van der Waals surface area (Å²) < 4.78 is 13.1. The highest BCUT2D eigenvalue weighted by molar-refractivity contribution is 5.77. The van der Waals surface area contributed by atoms with Gasteiger partial charge in [0.2, 0.25) is 5.91 Å². The number of carbonyl (C=O) groups is 1. The van der Waals surface area contributed by atoms with Crippen LogP contribution in [-0.4, -0.2) is 27.3 Å². The number of hydrogen-bond donors (Lipinski definition) is 1. The van der Waals surface area contributed by atoms with Crippen molar-refractivity contribution < 1.29 is 9.18 Å². The van der Waals surface area contributed by atoms with Crippen LogP contribution in [0.5, 0.6) is 0 Å². The summed E-state index contributed by atoms with van der Waals surface area (Å²) in [5, 5.41) is 0. The Bertz CT molecular complexity index is 1010. The standard InChI is InChI=1S/C21H20FN3O2/c1-2-13-25(14-15-7-9-16(22)10-8-15)20(26)12-11-19-21(27)24-18-6-4-3-5-17(18)23-19/h2-10H,1,11-14H2,(H,24,27). The van der Waals surface area contributed by atoms with E-state index >= 15 is 0 Å². The Morgan fingerprint density at radius 2 is 1.93 bits per heavy atom. The van der Waals surface area contributed by atoms with Crippen molar-refractivity contribution in [2.24, 2.45) is 0 Å². The van der Waals surface area contributed by atoms with Gasteiger partial charge in [0.15, 0.2) is 0 Å². The summed E-state index contributed by atoms with van der Waals surface area (Å²) >= 11 is 0. The molecule has 138 valence electrons. The van der Waals surface area contributed by atoms with Crippen LogP contribution in [0, 0.1) is 5.82 Å². The fraction of sp³-hybridized carbons (Fsp3) is 0.190. The van der Waals surface area contributed by atoms with E-state index in [0.717, 1.165) is 5.56 Å². The fourth-order valence-corrected chi connectivity index (χ4v) is 2.84. The van der Waals surface area contributed by atoms with Crippen molar-refractivity contribution in [2.45, 2.75) is 19.4 Å². The van der Waals surface area contributed by atoms with Crippen molar-refractivity contribution in [3.63, 3.8) is 0 Å². The molecule has 0 aliphatic carbocycles. The molecule has 0 spiro atoms. The third-order valence-electron chi connectivity index (χ3n) is 4.23. The maximum absolute atomic E-state index is 13.1. The molecule has 6 heteroatoms. The first kappa shape index (κ1) is 18.5. The Balaban J connectivity index is 1.70. The zero-order valence-corrected chi connectivity index (χ0v) is 14.8. The molecule has 0 atom stereocenters. The molecule has 0 bridgehead atoms. The van der Waals surface area contributed by atoms with Crippen LogP contribution in [0.2, 0.25) is 0 Å². The number of hydrogen-bond acceptors (Lipinski definition) is 3. The van der Waals surface area contributed by atoms with E-state index in [9.17, 15) is 14.0 Å². The topological polar surface area (TPSA) is 66.1 Å². The fourth-order valence-electron chi connectivity index (χ4n) is 2.84. The van der Waals surface area contributed by atoms with E-state index in [0.29, 0.717) is 29.8 Å². The highest BCUT2D eigenvalue weighted by Crippen LogP contribution is 2.10. The molecule has 1 amide bonds. The average molecular weight is 365 g/mol. The lowest BCUT2D eigenvalue weighted by molar-refractivity contribution is -0.131. The smallest absolute Gasteiger partial charge is 0.270 e. The predicted molar refractivity (Wildman–Crippen MR) is 103 cm³/mol. The second kappa shape index (κ2) is 8.40. The van der Waals surface area contributed by atoms with E-state index in [-0.39, 0.29) is 30.1 Å². The van der Waals surface area contributed by atoms with Gasteiger partial charge in [-0.05, 0) is 29.8 Å². The molecule has 0 fully saturated rings. The van der Waals surface area contributed by atoms with Gasteiger partial charge in [-0.25, -0.2) is 9.37 Å². The van der Waals surface area contributed by atoms with Crippen LogP contribution >= 0.6 is 0 Å². The first-order valence-electron chi connectivity index (χ1n) is 8.68. The van der Waals surface area contributed by atoms with E-state index < -0.39 is 0 Å². The summed E-state index contributed by atoms with van der Waals surface area (Å²) in [6.07, 6.45) is 2.04. The van der Waals surface area contributed by atoms with Gasteiger partial charge in [0.1, 0.15) is 11.5 Å². The lowest BCUT2D eigenvalue weighted by atomic mass is 10.1. The van der Waals surface area contributed by atoms with Crippen LogP contribution in [-0.2, 0) is 17.8 Å². The van der Waals surface area contributed by atoms with Crippen LogP contribution in [0.3, 0.4) is 0 Å². The van der Waals surface area contributed by atoms with Gasteiger partial charge >= 0.3 is 0 Å². The van der Waals surface area contributed by atoms with E-state index in [1.165, 1.54) is 12.1 Å². The molecular weight excluding hydrogens is 345 g/mol. The molecule has 0 unspecified atom stereocenters. The molecule has 0 radical (unpaired) electrons. The van der Waals surface area contributed by atoms with Crippen molar-refractivity contribution in [1.29, 1.82) is 0 Å². The Morgan fingerprint density at radius 1 is 1.19 bits per heavy atom. The zero-order chi connectivity index (χ0) is 19.2. The SMILES string of the molecule is C=CCN(Cc1ccc(F)cc1)C(=O)CCc1nc2ccccc2[nH]c1=O. The summed E-state index contributed by atoms with van der Waals surface area (Å²) in [7, 11) is 0. The van der Waals surface area contributed by atoms with E-state index in [1.807, 2.05) is 18.2 Å². The monoisotopic (exact) mass is 365 g/mol. The summed E-state index contributed by atoms with van der Waals surface area (Å²) in [6, 6.07) is 13.3. The second-order valence-electron chi connectivity index (χ2n) is 6.22. The Morgan fingerprint density at radius 3 is 2.67 bits per heavy atom. The molecule has 1 aromatic heterocycles. The number of nitrogens with zero attached hydrogens (tertiary/aromatic N) is 2. The third kappa shape index (κ3) is 4.67. The number of aromatic nitrogens is 2. The minimum atomic E-state index is -0.318. The van der Waals surface area contributed by atoms with Crippen LogP contribution in [0.1, 0.15) is 17.7 Å². The first-order chi connectivity index (χ1) is 13.1. The number of halogens is 1. The minimum absolute atomic E-state index is 0.117. The molecule has 0 aliphatic rings. The number of amides is 1. The molecule has 0 aliphatic heterocycles. The first-order valence-corrected chi connectivity index (χ1v) is 8.68. The van der Waals surface area contributed by atoms with Crippen LogP contribution in [0.15, 0.2) is 66.0 Å². The van der Waals surface area contributed by atoms with Crippen molar-refractivity contribution in [1.82, 2.24) is 14.9 Å². The molecule has 5 nitrogen and oxygen atoms in total. The molecule has 1 heterocycles. The largest absolute Gasteiger partial charge is 0.335 e. The molecule has 0 saturated heterocycles. The molecule has 0 saturated carbocycles. The lowest BCUT2D eigenvalue weighted by Crippen LogP contribution is -2.31. The number of aryl methyl sites for hydroxylation is 1.